The van der Waals surface area contributed by atoms with E-state index in [0.29, 0.717) is 24.1 Å². The van der Waals surface area contributed by atoms with Gasteiger partial charge in [-0.3, -0.25) is 14.6 Å². The molecule has 8 heteroatoms. The number of nitrogens with zero attached hydrogens (tertiary/aromatic N) is 1. The number of carbonyl (C=O) groups is 2. The largest absolute Gasteiger partial charge is 0.493 e. The molecular formula is C22H24F2N2O4. The average molecular weight is 418 g/mol. The van der Waals surface area contributed by atoms with Crippen molar-refractivity contribution in [3.63, 3.8) is 0 Å². The number of pyridine rings is 1. The van der Waals surface area contributed by atoms with Gasteiger partial charge in [0.15, 0.2) is 17.3 Å². The summed E-state index contributed by atoms with van der Waals surface area (Å²) in [6.45, 7) is 5.19. The van der Waals surface area contributed by atoms with Gasteiger partial charge in [0.1, 0.15) is 11.8 Å². The summed E-state index contributed by atoms with van der Waals surface area (Å²) in [6, 6.07) is 5.48. The second-order valence-corrected chi connectivity index (χ2v) is 7.61. The minimum absolute atomic E-state index is 0.220. The number of hydrogen-bond acceptors (Lipinski definition) is 5. The minimum atomic E-state index is -1.10. The van der Waals surface area contributed by atoms with Gasteiger partial charge in [-0.2, -0.15) is 4.39 Å². The first-order valence-electron chi connectivity index (χ1n) is 9.66. The van der Waals surface area contributed by atoms with Crippen LogP contribution < -0.4 is 10.1 Å². The van der Waals surface area contributed by atoms with Crippen LogP contribution in [-0.4, -0.2) is 35.5 Å². The van der Waals surface area contributed by atoms with Crippen molar-refractivity contribution < 1.29 is 27.8 Å². The van der Waals surface area contributed by atoms with E-state index in [0.717, 1.165) is 6.07 Å². The van der Waals surface area contributed by atoms with E-state index < -0.39 is 35.2 Å². The Labute approximate surface area is 173 Å². The summed E-state index contributed by atoms with van der Waals surface area (Å²) in [6.07, 6.45) is 1.53. The van der Waals surface area contributed by atoms with Gasteiger partial charge in [-0.1, -0.05) is 13.0 Å². The highest BCUT2D eigenvalue weighted by Gasteiger charge is 2.47. The fourth-order valence-corrected chi connectivity index (χ4v) is 3.71. The molecule has 2 aromatic rings. The molecule has 1 aliphatic heterocycles. The first kappa shape index (κ1) is 21.8. The quantitative estimate of drug-likeness (QED) is 0.710. The molecule has 1 aliphatic rings. The Balaban J connectivity index is 1.95. The van der Waals surface area contributed by atoms with Crippen LogP contribution in [0, 0.1) is 11.6 Å². The lowest BCUT2D eigenvalue weighted by molar-refractivity contribution is -0.131. The Morgan fingerprint density at radius 3 is 2.70 bits per heavy atom. The lowest BCUT2D eigenvalue weighted by atomic mass is 9.85. The summed E-state index contributed by atoms with van der Waals surface area (Å²) in [5.74, 6) is -3.59. The zero-order valence-corrected chi connectivity index (χ0v) is 17.3. The van der Waals surface area contributed by atoms with E-state index >= 15 is 0 Å². The molecule has 0 unspecified atom stereocenters. The van der Waals surface area contributed by atoms with E-state index in [2.05, 4.69) is 10.3 Å². The van der Waals surface area contributed by atoms with E-state index in [1.807, 2.05) is 13.8 Å². The molecule has 0 spiro atoms. The fourth-order valence-electron chi connectivity index (χ4n) is 3.71. The van der Waals surface area contributed by atoms with Gasteiger partial charge >= 0.3 is 0 Å². The molecule has 3 rings (SSSR count). The number of anilines is 1. The molecular weight excluding hydrogens is 394 g/mol. The molecule has 1 fully saturated rings. The van der Waals surface area contributed by atoms with Gasteiger partial charge in [-0.15, -0.1) is 0 Å². The normalized spacial score (nSPS) is 23.3. The number of hydrogen-bond donors (Lipinski definition) is 1. The minimum Gasteiger partial charge on any atom is -0.493 e. The van der Waals surface area contributed by atoms with Crippen molar-refractivity contribution in [2.75, 3.05) is 12.4 Å². The maximum atomic E-state index is 14.3. The first-order valence-corrected chi connectivity index (χ1v) is 9.66. The molecule has 1 N–H and O–H groups in total. The number of nitrogens with one attached hydrogen (secondary N) is 1. The highest BCUT2D eigenvalue weighted by molar-refractivity contribution is 5.97. The van der Waals surface area contributed by atoms with Gasteiger partial charge in [0.05, 0.1) is 12.7 Å². The maximum absolute atomic E-state index is 14.3. The van der Waals surface area contributed by atoms with Crippen LogP contribution >= 0.6 is 0 Å². The fraction of sp³-hybridized carbons (Fsp3) is 0.409. The summed E-state index contributed by atoms with van der Waals surface area (Å²) < 4.78 is 39.2. The number of ether oxygens (including phenoxy) is 2. The second kappa shape index (κ2) is 8.47. The average Bonchev–Trinajstić information content (AvgIpc) is 3.08. The predicted molar refractivity (Wildman–Crippen MR) is 107 cm³/mol. The van der Waals surface area contributed by atoms with Crippen molar-refractivity contribution in [3.8, 4) is 5.75 Å². The SMILES string of the molecule is CC[C@]1(C)C[C@@H](c2ccc(F)c(F)c2OC)[C@H](C(=O)Nc2ccnc(C(C)=O)c2)O1. The van der Waals surface area contributed by atoms with Crippen LogP contribution in [0.5, 0.6) is 5.75 Å². The highest BCUT2D eigenvalue weighted by atomic mass is 19.2. The third-order valence-electron chi connectivity index (χ3n) is 5.51. The number of rotatable bonds is 6. The van der Waals surface area contributed by atoms with Crippen molar-refractivity contribution in [2.24, 2.45) is 0 Å². The van der Waals surface area contributed by atoms with Crippen LogP contribution in [0.25, 0.3) is 0 Å². The molecule has 0 bridgehead atoms. The molecule has 0 radical (unpaired) electrons. The number of methoxy groups -OCH3 is 1. The van der Waals surface area contributed by atoms with Gasteiger partial charge < -0.3 is 14.8 Å². The Kier molecular flexibility index (Phi) is 6.17. The Morgan fingerprint density at radius 2 is 2.07 bits per heavy atom. The van der Waals surface area contributed by atoms with Crippen molar-refractivity contribution >= 4 is 17.4 Å². The molecule has 1 amide bonds. The van der Waals surface area contributed by atoms with Crippen LogP contribution in [0.1, 0.15) is 55.6 Å². The molecule has 6 nitrogen and oxygen atoms in total. The second-order valence-electron chi connectivity index (χ2n) is 7.61. The Bertz CT molecular complexity index is 982. The van der Waals surface area contributed by atoms with Crippen LogP contribution in [0.3, 0.4) is 0 Å². The zero-order valence-electron chi connectivity index (χ0n) is 17.3. The predicted octanol–water partition coefficient (Wildman–Crippen LogP) is 4.25. The molecule has 160 valence electrons. The number of Topliss-reactive ketones (excluding diaryl/α,β-unsaturated/α-hetero) is 1. The van der Waals surface area contributed by atoms with Crippen LogP contribution in [0.15, 0.2) is 30.5 Å². The Morgan fingerprint density at radius 1 is 1.33 bits per heavy atom. The van der Waals surface area contributed by atoms with Crippen LogP contribution in [0.2, 0.25) is 0 Å². The molecule has 2 heterocycles. The molecule has 0 saturated carbocycles. The molecule has 1 aromatic heterocycles. The third kappa shape index (κ3) is 4.18. The van der Waals surface area contributed by atoms with Crippen molar-refractivity contribution in [1.29, 1.82) is 0 Å². The van der Waals surface area contributed by atoms with Crippen LogP contribution in [0.4, 0.5) is 14.5 Å². The molecule has 1 aromatic carbocycles. The van der Waals surface area contributed by atoms with E-state index in [4.69, 9.17) is 9.47 Å². The lowest BCUT2D eigenvalue weighted by Crippen LogP contribution is -2.34. The van der Waals surface area contributed by atoms with Crippen molar-refractivity contribution in [2.45, 2.75) is 51.2 Å². The summed E-state index contributed by atoms with van der Waals surface area (Å²) in [5, 5.41) is 2.74. The molecule has 3 atom stereocenters. The number of carbonyl (C=O) groups excluding carboxylic acids is 2. The number of amides is 1. The zero-order chi connectivity index (χ0) is 22.1. The number of halogens is 2. The first-order chi connectivity index (χ1) is 14.2. The topological polar surface area (TPSA) is 77.5 Å². The number of ketones is 1. The summed E-state index contributed by atoms with van der Waals surface area (Å²) in [7, 11) is 1.26. The summed E-state index contributed by atoms with van der Waals surface area (Å²) in [4.78, 5) is 28.6. The van der Waals surface area contributed by atoms with Crippen molar-refractivity contribution in [1.82, 2.24) is 4.98 Å². The van der Waals surface area contributed by atoms with E-state index in [-0.39, 0.29) is 17.2 Å². The molecule has 30 heavy (non-hydrogen) atoms. The van der Waals surface area contributed by atoms with E-state index in [9.17, 15) is 18.4 Å². The van der Waals surface area contributed by atoms with Crippen molar-refractivity contribution in [3.05, 3.63) is 53.4 Å². The summed E-state index contributed by atoms with van der Waals surface area (Å²) in [5.41, 5.74) is 0.362. The van der Waals surface area contributed by atoms with Gasteiger partial charge in [0.2, 0.25) is 5.82 Å². The number of benzene rings is 1. The maximum Gasteiger partial charge on any atom is 0.254 e. The Hall–Kier alpha value is -2.87. The molecule has 0 aliphatic carbocycles. The smallest absolute Gasteiger partial charge is 0.254 e. The third-order valence-corrected chi connectivity index (χ3v) is 5.51. The lowest BCUT2D eigenvalue weighted by Gasteiger charge is -2.22. The standard InChI is InChI=1S/C22H24F2N2O4/c1-5-22(3)11-15(14-6-7-16(23)18(24)19(14)29-4)20(30-22)21(28)26-13-8-9-25-17(10-13)12(2)27/h6-10,15,20H,5,11H2,1-4H3,(H,25,26,28)/t15-,20+,22+/m0/s1. The van der Waals surface area contributed by atoms with E-state index in [1.54, 1.807) is 6.07 Å². The van der Waals surface area contributed by atoms with Gasteiger partial charge in [-0.05, 0) is 38.0 Å². The number of aromatic nitrogens is 1. The van der Waals surface area contributed by atoms with Gasteiger partial charge in [-0.25, -0.2) is 4.39 Å². The highest BCUT2D eigenvalue weighted by Crippen LogP contribution is 2.46. The molecule has 1 saturated heterocycles. The monoisotopic (exact) mass is 418 g/mol. The van der Waals surface area contributed by atoms with Crippen LogP contribution in [-0.2, 0) is 9.53 Å². The van der Waals surface area contributed by atoms with Gasteiger partial charge in [0, 0.05) is 30.3 Å². The summed E-state index contributed by atoms with van der Waals surface area (Å²) >= 11 is 0. The van der Waals surface area contributed by atoms with Gasteiger partial charge in [0.25, 0.3) is 5.91 Å². The van der Waals surface area contributed by atoms with E-state index in [1.165, 1.54) is 32.4 Å².